The standard InChI is InChI=1S/C12H16BrN3O2/c1-7-9(6-14-16-7)12(17)15-10-5-8(13)3-4-11(10)18-2/h3-5,7,9,14,16H,6H2,1-2H3,(H,15,17). The third-order valence-electron chi connectivity index (χ3n) is 3.01. The predicted molar refractivity (Wildman–Crippen MR) is 73.4 cm³/mol. The molecular weight excluding hydrogens is 298 g/mol. The molecule has 5 nitrogen and oxygen atoms in total. The minimum absolute atomic E-state index is 0.0172. The maximum Gasteiger partial charge on any atom is 0.230 e. The van der Waals surface area contributed by atoms with Crippen LogP contribution in [0.2, 0.25) is 0 Å². The summed E-state index contributed by atoms with van der Waals surface area (Å²) >= 11 is 3.38. The summed E-state index contributed by atoms with van der Waals surface area (Å²) in [6, 6.07) is 5.63. The third kappa shape index (κ3) is 2.82. The molecule has 0 bridgehead atoms. The second-order valence-electron chi connectivity index (χ2n) is 4.25. The van der Waals surface area contributed by atoms with Gasteiger partial charge in [-0.3, -0.25) is 15.6 Å². The summed E-state index contributed by atoms with van der Waals surface area (Å²) in [6.45, 7) is 2.60. The summed E-state index contributed by atoms with van der Waals surface area (Å²) < 4.78 is 6.12. The SMILES string of the molecule is COc1ccc(Br)cc1NC(=O)C1CNNC1C. The lowest BCUT2D eigenvalue weighted by Gasteiger charge is -2.15. The van der Waals surface area contributed by atoms with Crippen LogP contribution in [0.5, 0.6) is 5.75 Å². The van der Waals surface area contributed by atoms with Crippen molar-refractivity contribution in [3.63, 3.8) is 0 Å². The average Bonchev–Trinajstić information content (AvgIpc) is 2.76. The Morgan fingerprint density at radius 2 is 2.33 bits per heavy atom. The molecule has 1 aromatic carbocycles. The predicted octanol–water partition coefficient (Wildman–Crippen LogP) is 1.51. The van der Waals surface area contributed by atoms with E-state index in [9.17, 15) is 4.79 Å². The van der Waals surface area contributed by atoms with E-state index in [-0.39, 0.29) is 17.9 Å². The first-order chi connectivity index (χ1) is 8.61. The Labute approximate surface area is 114 Å². The van der Waals surface area contributed by atoms with Crippen LogP contribution in [-0.2, 0) is 4.79 Å². The Kier molecular flexibility index (Phi) is 4.21. The van der Waals surface area contributed by atoms with E-state index >= 15 is 0 Å². The number of halogens is 1. The Morgan fingerprint density at radius 1 is 1.56 bits per heavy atom. The fourth-order valence-electron chi connectivity index (χ4n) is 1.93. The van der Waals surface area contributed by atoms with Gasteiger partial charge in [0, 0.05) is 17.1 Å². The van der Waals surface area contributed by atoms with Crippen molar-refractivity contribution in [2.24, 2.45) is 5.92 Å². The van der Waals surface area contributed by atoms with E-state index in [0.29, 0.717) is 18.0 Å². The van der Waals surface area contributed by atoms with Gasteiger partial charge in [-0.15, -0.1) is 0 Å². The van der Waals surface area contributed by atoms with Crippen LogP contribution in [0.4, 0.5) is 5.69 Å². The van der Waals surface area contributed by atoms with Gasteiger partial charge in [0.1, 0.15) is 5.75 Å². The average molecular weight is 314 g/mol. The lowest BCUT2D eigenvalue weighted by Crippen LogP contribution is -2.33. The Bertz CT molecular complexity index is 453. The zero-order chi connectivity index (χ0) is 13.1. The van der Waals surface area contributed by atoms with Crippen molar-refractivity contribution < 1.29 is 9.53 Å². The van der Waals surface area contributed by atoms with Gasteiger partial charge in [-0.1, -0.05) is 15.9 Å². The first kappa shape index (κ1) is 13.3. The van der Waals surface area contributed by atoms with Gasteiger partial charge in [0.15, 0.2) is 0 Å². The molecule has 98 valence electrons. The smallest absolute Gasteiger partial charge is 0.230 e. The number of benzene rings is 1. The molecule has 1 aromatic rings. The summed E-state index contributed by atoms with van der Waals surface area (Å²) in [7, 11) is 1.58. The summed E-state index contributed by atoms with van der Waals surface area (Å²) in [4.78, 5) is 12.1. The molecule has 1 saturated heterocycles. The molecule has 0 spiro atoms. The molecule has 0 saturated carbocycles. The molecule has 2 unspecified atom stereocenters. The van der Waals surface area contributed by atoms with Gasteiger partial charge in [-0.25, -0.2) is 0 Å². The molecule has 3 N–H and O–H groups in total. The van der Waals surface area contributed by atoms with Gasteiger partial charge in [-0.2, -0.15) is 0 Å². The lowest BCUT2D eigenvalue weighted by molar-refractivity contribution is -0.119. The van der Waals surface area contributed by atoms with E-state index in [1.807, 2.05) is 25.1 Å². The number of carbonyl (C=O) groups is 1. The van der Waals surface area contributed by atoms with E-state index in [1.54, 1.807) is 7.11 Å². The van der Waals surface area contributed by atoms with Gasteiger partial charge in [0.2, 0.25) is 5.91 Å². The second-order valence-corrected chi connectivity index (χ2v) is 5.17. The highest BCUT2D eigenvalue weighted by molar-refractivity contribution is 9.10. The van der Waals surface area contributed by atoms with E-state index in [4.69, 9.17) is 4.74 Å². The minimum atomic E-state index is -0.0892. The number of hydrazine groups is 1. The number of nitrogens with one attached hydrogen (secondary N) is 3. The quantitative estimate of drug-likeness (QED) is 0.791. The molecule has 1 aliphatic rings. The number of hydrogen-bond donors (Lipinski definition) is 3. The molecular formula is C12H16BrN3O2. The monoisotopic (exact) mass is 313 g/mol. The van der Waals surface area contributed by atoms with E-state index < -0.39 is 0 Å². The zero-order valence-electron chi connectivity index (χ0n) is 10.3. The molecule has 2 atom stereocenters. The number of carbonyl (C=O) groups excluding carboxylic acids is 1. The van der Waals surface area contributed by atoms with E-state index in [2.05, 4.69) is 32.1 Å². The molecule has 1 fully saturated rings. The largest absolute Gasteiger partial charge is 0.495 e. The van der Waals surface area contributed by atoms with Crippen molar-refractivity contribution in [2.45, 2.75) is 13.0 Å². The number of rotatable bonds is 3. The van der Waals surface area contributed by atoms with Crippen molar-refractivity contribution >= 4 is 27.5 Å². The van der Waals surface area contributed by atoms with Crippen molar-refractivity contribution in [3.8, 4) is 5.75 Å². The number of amides is 1. The van der Waals surface area contributed by atoms with Crippen LogP contribution in [0.1, 0.15) is 6.92 Å². The van der Waals surface area contributed by atoms with Crippen LogP contribution in [0, 0.1) is 5.92 Å². The Hall–Kier alpha value is -1.11. The minimum Gasteiger partial charge on any atom is -0.495 e. The Balaban J connectivity index is 2.13. The maximum absolute atomic E-state index is 12.1. The van der Waals surface area contributed by atoms with Crippen LogP contribution in [0.15, 0.2) is 22.7 Å². The van der Waals surface area contributed by atoms with Crippen LogP contribution in [-0.4, -0.2) is 25.6 Å². The van der Waals surface area contributed by atoms with Gasteiger partial charge in [0.25, 0.3) is 0 Å². The van der Waals surface area contributed by atoms with E-state index in [0.717, 1.165) is 4.47 Å². The van der Waals surface area contributed by atoms with Crippen molar-refractivity contribution in [1.29, 1.82) is 0 Å². The van der Waals surface area contributed by atoms with Gasteiger partial charge >= 0.3 is 0 Å². The van der Waals surface area contributed by atoms with Gasteiger partial charge in [0.05, 0.1) is 18.7 Å². The second kappa shape index (κ2) is 5.69. The van der Waals surface area contributed by atoms with Crippen LogP contribution < -0.4 is 20.9 Å². The fraction of sp³-hybridized carbons (Fsp3) is 0.417. The zero-order valence-corrected chi connectivity index (χ0v) is 11.9. The fourth-order valence-corrected chi connectivity index (χ4v) is 2.29. The van der Waals surface area contributed by atoms with Gasteiger partial charge < -0.3 is 10.1 Å². The summed E-state index contributed by atoms with van der Waals surface area (Å²) in [6.07, 6.45) is 0. The normalized spacial score (nSPS) is 22.8. The molecule has 6 heteroatoms. The van der Waals surface area contributed by atoms with Crippen LogP contribution >= 0.6 is 15.9 Å². The first-order valence-corrected chi connectivity index (χ1v) is 6.54. The molecule has 18 heavy (non-hydrogen) atoms. The highest BCUT2D eigenvalue weighted by Crippen LogP contribution is 2.28. The van der Waals surface area contributed by atoms with Crippen molar-refractivity contribution in [2.75, 3.05) is 19.0 Å². The molecule has 0 aromatic heterocycles. The van der Waals surface area contributed by atoms with Crippen LogP contribution in [0.3, 0.4) is 0 Å². The molecule has 0 aliphatic carbocycles. The molecule has 1 heterocycles. The molecule has 1 aliphatic heterocycles. The molecule has 1 amide bonds. The maximum atomic E-state index is 12.1. The first-order valence-electron chi connectivity index (χ1n) is 5.74. The van der Waals surface area contributed by atoms with Gasteiger partial charge in [-0.05, 0) is 25.1 Å². The summed E-state index contributed by atoms with van der Waals surface area (Å²) in [5.74, 6) is 0.545. The number of anilines is 1. The van der Waals surface area contributed by atoms with Crippen molar-refractivity contribution in [1.82, 2.24) is 10.9 Å². The highest BCUT2D eigenvalue weighted by atomic mass is 79.9. The van der Waals surface area contributed by atoms with Crippen molar-refractivity contribution in [3.05, 3.63) is 22.7 Å². The summed E-state index contributed by atoms with van der Waals surface area (Å²) in [5.41, 5.74) is 6.68. The Morgan fingerprint density at radius 3 is 2.94 bits per heavy atom. The number of methoxy groups -OCH3 is 1. The number of hydrogen-bond acceptors (Lipinski definition) is 4. The summed E-state index contributed by atoms with van der Waals surface area (Å²) in [5, 5.41) is 2.90. The lowest BCUT2D eigenvalue weighted by atomic mass is 10.0. The van der Waals surface area contributed by atoms with E-state index in [1.165, 1.54) is 0 Å². The highest BCUT2D eigenvalue weighted by Gasteiger charge is 2.29. The molecule has 2 rings (SSSR count). The molecule has 0 radical (unpaired) electrons. The topological polar surface area (TPSA) is 62.4 Å². The number of ether oxygens (including phenoxy) is 1. The third-order valence-corrected chi connectivity index (χ3v) is 3.50. The van der Waals surface area contributed by atoms with Crippen LogP contribution in [0.25, 0.3) is 0 Å².